The number of hydrogen-bond donors (Lipinski definition) is 3. The van der Waals surface area contributed by atoms with Crippen molar-refractivity contribution in [2.75, 3.05) is 0 Å². The monoisotopic (exact) mass is 488 g/mol. The molecule has 2 amide bonds. The molecule has 3 N–H and O–H groups in total. The van der Waals surface area contributed by atoms with Gasteiger partial charge in [0.1, 0.15) is 11.5 Å². The van der Waals surface area contributed by atoms with Crippen LogP contribution in [0, 0.1) is 0 Å². The summed E-state index contributed by atoms with van der Waals surface area (Å²) in [6, 6.07) is 17.7. The maximum Gasteiger partial charge on any atom is 0.329 e. The van der Waals surface area contributed by atoms with Crippen molar-refractivity contribution in [2.24, 2.45) is 5.10 Å². The fourth-order valence-electron chi connectivity index (χ4n) is 2.71. The first kappa shape index (κ1) is 24.2. The second-order valence-electron chi connectivity index (χ2n) is 6.89. The van der Waals surface area contributed by atoms with Gasteiger partial charge >= 0.3 is 11.8 Å². The first-order valence-corrected chi connectivity index (χ1v) is 11.6. The molecule has 3 aromatic rings. The normalized spacial score (nSPS) is 12.4. The van der Waals surface area contributed by atoms with Gasteiger partial charge in [0.15, 0.2) is 0 Å². The first-order chi connectivity index (χ1) is 15.7. The third kappa shape index (κ3) is 7.01. The molecule has 0 aliphatic heterocycles. The Kier molecular flexibility index (Phi) is 7.99. The van der Waals surface area contributed by atoms with Crippen LogP contribution in [-0.4, -0.2) is 26.4 Å². The molecule has 2 aromatic carbocycles. The maximum absolute atomic E-state index is 12.3. The highest BCUT2D eigenvalue weighted by atomic mass is 35.5. The average Bonchev–Trinajstić information content (AvgIpc) is 3.26. The number of hydrogen-bond acceptors (Lipinski definition) is 6. The molecule has 33 heavy (non-hydrogen) atoms. The summed E-state index contributed by atoms with van der Waals surface area (Å²) < 4.78 is 32.5. The third-order valence-corrected chi connectivity index (χ3v) is 6.12. The van der Waals surface area contributed by atoms with Crippen molar-refractivity contribution in [1.29, 1.82) is 0 Å². The molecule has 9 nitrogen and oxygen atoms in total. The largest absolute Gasteiger partial charge is 0.459 e. The molecule has 0 fully saturated rings. The summed E-state index contributed by atoms with van der Waals surface area (Å²) in [4.78, 5) is 24.0. The topological polar surface area (TPSA) is 130 Å². The van der Waals surface area contributed by atoms with Crippen LogP contribution in [0.25, 0.3) is 0 Å². The van der Waals surface area contributed by atoms with Gasteiger partial charge in [-0.3, -0.25) is 9.59 Å². The van der Waals surface area contributed by atoms with Crippen molar-refractivity contribution >= 4 is 39.7 Å². The van der Waals surface area contributed by atoms with E-state index in [1.54, 1.807) is 19.1 Å². The Morgan fingerprint density at radius 1 is 1.03 bits per heavy atom. The van der Waals surface area contributed by atoms with Crippen LogP contribution in [0.3, 0.4) is 0 Å². The van der Waals surface area contributed by atoms with Gasteiger partial charge in [0.25, 0.3) is 0 Å². The summed E-state index contributed by atoms with van der Waals surface area (Å²) >= 11 is 5.77. The van der Waals surface area contributed by atoms with Crippen LogP contribution >= 0.6 is 11.6 Å². The number of amides is 2. The van der Waals surface area contributed by atoms with E-state index in [4.69, 9.17) is 16.0 Å². The predicted molar refractivity (Wildman–Crippen MR) is 123 cm³/mol. The zero-order chi connectivity index (χ0) is 23.8. The van der Waals surface area contributed by atoms with E-state index in [2.05, 4.69) is 20.6 Å². The number of benzene rings is 2. The fourth-order valence-corrected chi connectivity index (χ4v) is 3.83. The molecule has 0 spiro atoms. The van der Waals surface area contributed by atoms with Gasteiger partial charge in [0.05, 0.1) is 23.7 Å². The second kappa shape index (κ2) is 10.9. The summed E-state index contributed by atoms with van der Waals surface area (Å²) in [5, 5.41) is 6.70. The van der Waals surface area contributed by atoms with Crippen LogP contribution in [-0.2, 0) is 26.2 Å². The molecule has 0 saturated carbocycles. The average molecular weight is 489 g/mol. The van der Waals surface area contributed by atoms with Gasteiger partial charge in [0, 0.05) is 5.02 Å². The molecule has 1 atom stereocenters. The van der Waals surface area contributed by atoms with Crippen LogP contribution in [0.5, 0.6) is 0 Å². The van der Waals surface area contributed by atoms with Crippen molar-refractivity contribution < 1.29 is 22.4 Å². The molecular weight excluding hydrogens is 468 g/mol. The number of carbonyl (C=O) groups excluding carboxylic acids is 2. The number of halogens is 1. The lowest BCUT2D eigenvalue weighted by atomic mass is 10.1. The Morgan fingerprint density at radius 3 is 2.42 bits per heavy atom. The lowest BCUT2D eigenvalue weighted by molar-refractivity contribution is -0.139. The molecule has 1 aromatic heterocycles. The number of nitrogens with zero attached hydrogens (tertiary/aromatic N) is 1. The van der Waals surface area contributed by atoms with Crippen molar-refractivity contribution in [1.82, 2.24) is 15.5 Å². The molecule has 1 heterocycles. The van der Waals surface area contributed by atoms with Gasteiger partial charge in [-0.25, -0.2) is 18.6 Å². The van der Waals surface area contributed by atoms with Gasteiger partial charge in [-0.2, -0.15) is 5.10 Å². The third-order valence-electron chi connectivity index (χ3n) is 4.45. The van der Waals surface area contributed by atoms with Crippen molar-refractivity contribution in [2.45, 2.75) is 24.4 Å². The molecule has 0 saturated heterocycles. The van der Waals surface area contributed by atoms with E-state index in [0.29, 0.717) is 10.8 Å². The zero-order valence-electron chi connectivity index (χ0n) is 17.5. The summed E-state index contributed by atoms with van der Waals surface area (Å²) in [6.45, 7) is 1.67. The molecule has 3 rings (SSSR count). The quantitative estimate of drug-likeness (QED) is 0.255. The molecular formula is C22H21ClN4O5S. The Balaban J connectivity index is 1.48. The highest BCUT2D eigenvalue weighted by Gasteiger charge is 2.17. The molecule has 0 bridgehead atoms. The highest BCUT2D eigenvalue weighted by Crippen LogP contribution is 2.15. The van der Waals surface area contributed by atoms with Crippen molar-refractivity contribution in [3.63, 3.8) is 0 Å². The van der Waals surface area contributed by atoms with Crippen LogP contribution in [0.1, 0.15) is 30.0 Å². The number of carbonyl (C=O) groups is 2. The fraction of sp³-hybridized carbons (Fsp3) is 0.136. The van der Waals surface area contributed by atoms with E-state index < -0.39 is 21.8 Å². The molecule has 0 aliphatic carbocycles. The Morgan fingerprint density at radius 2 is 1.73 bits per heavy atom. The van der Waals surface area contributed by atoms with E-state index in [-0.39, 0.29) is 23.2 Å². The minimum Gasteiger partial charge on any atom is -0.459 e. The summed E-state index contributed by atoms with van der Waals surface area (Å²) in [5.74, 6) is -1.18. The van der Waals surface area contributed by atoms with Crippen LogP contribution in [0.15, 0.2) is 81.1 Å². The first-order valence-electron chi connectivity index (χ1n) is 9.77. The van der Waals surface area contributed by atoms with Gasteiger partial charge in [-0.05, 0) is 48.9 Å². The van der Waals surface area contributed by atoms with Gasteiger partial charge in [0.2, 0.25) is 10.0 Å². The number of sulfonamides is 1. The standard InChI is InChI=1S/C22H21ClN4O5S/c1-15(16-5-3-2-4-6-16)26-21(28)22(29)27-24-13-18-9-10-19(32-18)14-25-33(30,31)20-11-7-17(23)8-12-20/h2-13,15,25H,14H2,1H3,(H,26,28)(H,27,29)/b24-13+/t15-/m1/s1. The summed E-state index contributed by atoms with van der Waals surface area (Å²) in [7, 11) is -3.74. The van der Waals surface area contributed by atoms with E-state index in [9.17, 15) is 18.0 Å². The molecule has 172 valence electrons. The van der Waals surface area contributed by atoms with E-state index in [1.165, 1.54) is 30.5 Å². The zero-order valence-corrected chi connectivity index (χ0v) is 19.1. The Hall–Kier alpha value is -3.47. The smallest absolute Gasteiger partial charge is 0.329 e. The summed E-state index contributed by atoms with van der Waals surface area (Å²) in [6.07, 6.45) is 1.20. The summed E-state index contributed by atoms with van der Waals surface area (Å²) in [5.41, 5.74) is 2.97. The Bertz CT molecular complexity index is 1240. The minimum absolute atomic E-state index is 0.0720. The maximum atomic E-state index is 12.3. The highest BCUT2D eigenvalue weighted by molar-refractivity contribution is 7.89. The van der Waals surface area contributed by atoms with E-state index in [1.807, 2.05) is 30.3 Å². The van der Waals surface area contributed by atoms with Crippen LogP contribution < -0.4 is 15.5 Å². The predicted octanol–water partition coefficient (Wildman–Crippen LogP) is 2.74. The lowest BCUT2D eigenvalue weighted by Gasteiger charge is -2.13. The van der Waals surface area contributed by atoms with Crippen molar-refractivity contribution in [3.05, 3.63) is 88.8 Å². The molecule has 0 aliphatic rings. The number of furan rings is 1. The minimum atomic E-state index is -3.74. The number of nitrogens with one attached hydrogen (secondary N) is 3. The van der Waals surface area contributed by atoms with Crippen molar-refractivity contribution in [3.8, 4) is 0 Å². The molecule has 11 heteroatoms. The molecule has 0 radical (unpaired) electrons. The number of hydrazone groups is 1. The molecule has 0 unspecified atom stereocenters. The lowest BCUT2D eigenvalue weighted by Crippen LogP contribution is -2.39. The second-order valence-corrected chi connectivity index (χ2v) is 9.09. The van der Waals surface area contributed by atoms with Crippen LogP contribution in [0.4, 0.5) is 0 Å². The van der Waals surface area contributed by atoms with E-state index in [0.717, 1.165) is 5.56 Å². The number of rotatable bonds is 8. The SMILES string of the molecule is C[C@@H](NC(=O)C(=O)N/N=C/c1ccc(CNS(=O)(=O)c2ccc(Cl)cc2)o1)c1ccccc1. The van der Waals surface area contributed by atoms with Gasteiger partial charge < -0.3 is 9.73 Å². The van der Waals surface area contributed by atoms with Crippen LogP contribution in [0.2, 0.25) is 5.02 Å². The van der Waals surface area contributed by atoms with E-state index >= 15 is 0 Å². The van der Waals surface area contributed by atoms with Gasteiger partial charge in [-0.1, -0.05) is 41.9 Å². The van der Waals surface area contributed by atoms with Gasteiger partial charge in [-0.15, -0.1) is 0 Å². The Labute approximate surface area is 195 Å².